The SMILES string of the molecule is CCOC(=O)C(C)(C)N(C)N1C(F)=C(F)C=C(F)C1F. The van der Waals surface area contributed by atoms with Crippen LogP contribution in [-0.4, -0.2) is 41.5 Å². The van der Waals surface area contributed by atoms with Crippen LogP contribution < -0.4 is 0 Å². The highest BCUT2D eigenvalue weighted by Crippen LogP contribution is 2.33. The third-order valence-electron chi connectivity index (χ3n) is 3.01. The van der Waals surface area contributed by atoms with Crippen LogP contribution in [0.4, 0.5) is 17.6 Å². The van der Waals surface area contributed by atoms with Crippen molar-refractivity contribution in [2.45, 2.75) is 32.6 Å². The number of ether oxygens (including phenoxy) is 1. The lowest BCUT2D eigenvalue weighted by Gasteiger charge is -2.42. The van der Waals surface area contributed by atoms with Gasteiger partial charge in [0.1, 0.15) is 5.54 Å². The minimum absolute atomic E-state index is 0.0656. The third-order valence-corrected chi connectivity index (χ3v) is 3.01. The van der Waals surface area contributed by atoms with E-state index in [0.717, 1.165) is 12.1 Å². The molecular formula is C12H16F4N2O2. The minimum Gasteiger partial charge on any atom is -0.465 e. The third kappa shape index (κ3) is 2.79. The normalized spacial score (nSPS) is 20.4. The number of halogens is 4. The zero-order valence-electron chi connectivity index (χ0n) is 11.6. The van der Waals surface area contributed by atoms with Crippen LogP contribution in [0.15, 0.2) is 23.7 Å². The van der Waals surface area contributed by atoms with Crippen molar-refractivity contribution < 1.29 is 27.1 Å². The van der Waals surface area contributed by atoms with E-state index in [1.54, 1.807) is 6.92 Å². The molecule has 20 heavy (non-hydrogen) atoms. The molecule has 0 bridgehead atoms. The monoisotopic (exact) mass is 296 g/mol. The average Bonchev–Trinajstić information content (AvgIpc) is 2.36. The van der Waals surface area contributed by atoms with Gasteiger partial charge >= 0.3 is 5.97 Å². The molecular weight excluding hydrogens is 280 g/mol. The molecule has 0 aliphatic carbocycles. The van der Waals surface area contributed by atoms with Crippen molar-refractivity contribution in [1.29, 1.82) is 0 Å². The number of likely N-dealkylation sites (N-methyl/N-ethyl adjacent to an activating group) is 1. The molecule has 1 atom stereocenters. The van der Waals surface area contributed by atoms with Crippen molar-refractivity contribution in [2.75, 3.05) is 13.7 Å². The molecule has 0 saturated heterocycles. The Morgan fingerprint density at radius 1 is 1.45 bits per heavy atom. The molecule has 0 amide bonds. The Balaban J connectivity index is 3.10. The molecule has 0 aromatic rings. The Bertz CT molecular complexity index is 462. The van der Waals surface area contributed by atoms with Crippen LogP contribution in [0, 0.1) is 0 Å². The first-order valence-corrected chi connectivity index (χ1v) is 5.91. The van der Waals surface area contributed by atoms with Gasteiger partial charge in [-0.15, -0.1) is 0 Å². The highest BCUT2D eigenvalue weighted by atomic mass is 19.2. The predicted molar refractivity (Wildman–Crippen MR) is 63.6 cm³/mol. The molecule has 0 N–H and O–H groups in total. The Morgan fingerprint density at radius 3 is 2.50 bits per heavy atom. The smallest absolute Gasteiger partial charge is 0.327 e. The lowest BCUT2D eigenvalue weighted by Crippen LogP contribution is -2.58. The number of hydrogen-bond acceptors (Lipinski definition) is 4. The maximum absolute atomic E-state index is 13.7. The molecule has 0 fully saturated rings. The quantitative estimate of drug-likeness (QED) is 0.454. The fraction of sp³-hybridized carbons (Fsp3) is 0.583. The maximum atomic E-state index is 13.7. The summed E-state index contributed by atoms with van der Waals surface area (Å²) in [6.45, 7) is 4.27. The summed E-state index contributed by atoms with van der Waals surface area (Å²) in [5.74, 6) is -5.44. The van der Waals surface area contributed by atoms with Crippen molar-refractivity contribution in [1.82, 2.24) is 10.0 Å². The highest BCUT2D eigenvalue weighted by Gasteiger charge is 2.44. The molecule has 1 aliphatic rings. The van der Waals surface area contributed by atoms with Crippen molar-refractivity contribution in [3.05, 3.63) is 23.7 Å². The van der Waals surface area contributed by atoms with Crippen LogP contribution in [0.25, 0.3) is 0 Å². The standard InChI is InChI=1S/C12H16F4N2O2/c1-5-20-11(19)12(2,3)17(4)18-9(15)7(13)6-8(14)10(18)16/h6,9H,5H2,1-4H3. The van der Waals surface area contributed by atoms with Crippen LogP contribution in [0.3, 0.4) is 0 Å². The Morgan fingerprint density at radius 2 is 2.00 bits per heavy atom. The highest BCUT2D eigenvalue weighted by molar-refractivity contribution is 5.79. The summed E-state index contributed by atoms with van der Waals surface area (Å²) in [5.41, 5.74) is -1.52. The second-order valence-electron chi connectivity index (χ2n) is 4.65. The summed E-state index contributed by atoms with van der Waals surface area (Å²) in [6.07, 6.45) is -2.42. The molecule has 1 unspecified atom stereocenters. The molecule has 114 valence electrons. The molecule has 1 rings (SSSR count). The number of allylic oxidation sites excluding steroid dienone is 2. The van der Waals surface area contributed by atoms with E-state index < -0.39 is 35.4 Å². The van der Waals surface area contributed by atoms with Gasteiger partial charge in [-0.05, 0) is 20.8 Å². The Kier molecular flexibility index (Phi) is 4.80. The van der Waals surface area contributed by atoms with Crippen LogP contribution >= 0.6 is 0 Å². The second kappa shape index (κ2) is 5.82. The van der Waals surface area contributed by atoms with E-state index in [2.05, 4.69) is 0 Å². The summed E-state index contributed by atoms with van der Waals surface area (Å²) in [4.78, 5) is 11.8. The molecule has 1 aliphatic heterocycles. The van der Waals surface area contributed by atoms with E-state index in [1.807, 2.05) is 0 Å². The van der Waals surface area contributed by atoms with Gasteiger partial charge in [0.05, 0.1) is 6.61 Å². The number of carbonyl (C=O) groups is 1. The zero-order chi connectivity index (χ0) is 15.7. The molecule has 4 nitrogen and oxygen atoms in total. The van der Waals surface area contributed by atoms with E-state index in [4.69, 9.17) is 4.74 Å². The van der Waals surface area contributed by atoms with Gasteiger partial charge in [-0.1, -0.05) is 0 Å². The number of nitrogens with zero attached hydrogens (tertiary/aromatic N) is 2. The number of rotatable bonds is 4. The van der Waals surface area contributed by atoms with E-state index in [-0.39, 0.29) is 17.7 Å². The minimum atomic E-state index is -2.55. The van der Waals surface area contributed by atoms with Crippen molar-refractivity contribution in [2.24, 2.45) is 0 Å². The van der Waals surface area contributed by atoms with Gasteiger partial charge in [-0.25, -0.2) is 28.0 Å². The topological polar surface area (TPSA) is 32.8 Å². The van der Waals surface area contributed by atoms with Crippen LogP contribution in [0.5, 0.6) is 0 Å². The second-order valence-corrected chi connectivity index (χ2v) is 4.65. The van der Waals surface area contributed by atoms with Gasteiger partial charge in [0.2, 0.25) is 12.2 Å². The van der Waals surface area contributed by atoms with Gasteiger partial charge < -0.3 is 4.74 Å². The van der Waals surface area contributed by atoms with Gasteiger partial charge in [0, 0.05) is 13.1 Å². The number of hydrazine groups is 1. The summed E-state index contributed by atoms with van der Waals surface area (Å²) in [6, 6.07) is 0. The maximum Gasteiger partial charge on any atom is 0.327 e. The van der Waals surface area contributed by atoms with Crippen molar-refractivity contribution in [3.63, 3.8) is 0 Å². The molecule has 0 saturated carbocycles. The van der Waals surface area contributed by atoms with Crippen LogP contribution in [-0.2, 0) is 9.53 Å². The predicted octanol–water partition coefficient (Wildman–Crippen LogP) is 2.75. The van der Waals surface area contributed by atoms with Crippen molar-refractivity contribution >= 4 is 5.97 Å². The van der Waals surface area contributed by atoms with Crippen LogP contribution in [0.1, 0.15) is 20.8 Å². The Hall–Kier alpha value is -1.57. The van der Waals surface area contributed by atoms with Gasteiger partial charge in [-0.2, -0.15) is 4.39 Å². The largest absolute Gasteiger partial charge is 0.465 e. The Labute approximate surface area is 114 Å². The zero-order valence-corrected chi connectivity index (χ0v) is 11.6. The summed E-state index contributed by atoms with van der Waals surface area (Å²) >= 11 is 0. The molecule has 8 heteroatoms. The molecule has 0 aromatic carbocycles. The van der Waals surface area contributed by atoms with E-state index >= 15 is 0 Å². The lowest BCUT2D eigenvalue weighted by atomic mass is 10.1. The number of hydrogen-bond donors (Lipinski definition) is 0. The average molecular weight is 296 g/mol. The fourth-order valence-corrected chi connectivity index (χ4v) is 1.57. The number of alkyl halides is 1. The lowest BCUT2D eigenvalue weighted by molar-refractivity contribution is -0.176. The number of esters is 1. The number of carbonyl (C=O) groups excluding carboxylic acids is 1. The first kappa shape index (κ1) is 16.5. The molecule has 0 aromatic heterocycles. The summed E-state index contributed by atoms with van der Waals surface area (Å²) in [7, 11) is 1.13. The van der Waals surface area contributed by atoms with E-state index in [0.29, 0.717) is 0 Å². The summed E-state index contributed by atoms with van der Waals surface area (Å²) < 4.78 is 58.6. The van der Waals surface area contributed by atoms with Gasteiger partial charge in [0.15, 0.2) is 11.7 Å². The van der Waals surface area contributed by atoms with E-state index in [9.17, 15) is 22.4 Å². The first-order valence-electron chi connectivity index (χ1n) is 5.91. The van der Waals surface area contributed by atoms with E-state index in [1.165, 1.54) is 13.8 Å². The fourth-order valence-electron chi connectivity index (χ4n) is 1.57. The van der Waals surface area contributed by atoms with Crippen LogP contribution in [0.2, 0.25) is 0 Å². The molecule has 0 spiro atoms. The van der Waals surface area contributed by atoms with Gasteiger partial charge in [-0.3, -0.25) is 0 Å². The molecule has 0 radical (unpaired) electrons. The molecule has 1 heterocycles. The summed E-state index contributed by atoms with van der Waals surface area (Å²) in [5, 5.41) is 0.860. The first-order chi connectivity index (χ1) is 9.14. The van der Waals surface area contributed by atoms with Gasteiger partial charge in [0.25, 0.3) is 0 Å². The van der Waals surface area contributed by atoms with Crippen molar-refractivity contribution in [3.8, 4) is 0 Å².